The highest BCUT2D eigenvalue weighted by Crippen LogP contribution is 2.29. The average molecular weight is 340 g/mol. The Morgan fingerprint density at radius 3 is 2.76 bits per heavy atom. The zero-order valence-corrected chi connectivity index (χ0v) is 14.4. The molecule has 0 saturated carbocycles. The van der Waals surface area contributed by atoms with Crippen LogP contribution in [0.4, 0.5) is 10.1 Å². The number of nitrogens with one attached hydrogen (secondary N) is 1. The molecule has 2 amide bonds. The van der Waals surface area contributed by atoms with Crippen LogP contribution in [0.3, 0.4) is 0 Å². The van der Waals surface area contributed by atoms with E-state index >= 15 is 0 Å². The van der Waals surface area contributed by atoms with Crippen molar-refractivity contribution >= 4 is 17.5 Å². The molecule has 1 atom stereocenters. The molecule has 130 valence electrons. The molecule has 0 unspecified atom stereocenters. The van der Waals surface area contributed by atoms with Crippen LogP contribution in [0.25, 0.3) is 0 Å². The molecule has 4 nitrogen and oxygen atoms in total. The molecule has 0 aliphatic carbocycles. The van der Waals surface area contributed by atoms with Crippen LogP contribution in [0, 0.1) is 5.82 Å². The lowest BCUT2D eigenvalue weighted by Gasteiger charge is -2.17. The molecule has 0 fully saturated rings. The van der Waals surface area contributed by atoms with Gasteiger partial charge >= 0.3 is 0 Å². The summed E-state index contributed by atoms with van der Waals surface area (Å²) in [7, 11) is 0. The molecule has 1 heterocycles. The standard InChI is InChI=1S/C20H21FN2O2/c1-3-19(24)23-10-9-15-11-16(7-8-18(15)23)20(25)22-13(2)14-5-4-6-17(21)12-14/h4-8,11-13H,3,9-10H2,1-2H3,(H,22,25)/t13-/m0/s1. The molecular weight excluding hydrogens is 319 g/mol. The first-order valence-electron chi connectivity index (χ1n) is 8.49. The molecule has 5 heteroatoms. The summed E-state index contributed by atoms with van der Waals surface area (Å²) in [6.07, 6.45) is 1.22. The largest absolute Gasteiger partial charge is 0.346 e. The van der Waals surface area contributed by atoms with E-state index in [9.17, 15) is 14.0 Å². The summed E-state index contributed by atoms with van der Waals surface area (Å²) in [5.74, 6) is -0.438. The lowest BCUT2D eigenvalue weighted by Crippen LogP contribution is -2.28. The maximum absolute atomic E-state index is 13.3. The van der Waals surface area contributed by atoms with Crippen molar-refractivity contribution in [3.05, 3.63) is 65.0 Å². The van der Waals surface area contributed by atoms with E-state index in [0.717, 1.165) is 17.7 Å². The van der Waals surface area contributed by atoms with Gasteiger partial charge in [-0.1, -0.05) is 19.1 Å². The molecule has 0 bridgehead atoms. The van der Waals surface area contributed by atoms with E-state index in [2.05, 4.69) is 5.32 Å². The smallest absolute Gasteiger partial charge is 0.251 e. The SMILES string of the molecule is CCC(=O)N1CCc2cc(C(=O)N[C@@H](C)c3cccc(F)c3)ccc21. The fraction of sp³-hybridized carbons (Fsp3) is 0.300. The minimum Gasteiger partial charge on any atom is -0.346 e. The van der Waals surface area contributed by atoms with Gasteiger partial charge in [-0.15, -0.1) is 0 Å². The maximum atomic E-state index is 13.3. The fourth-order valence-corrected chi connectivity index (χ4v) is 3.13. The number of fused-ring (bicyclic) bond motifs is 1. The number of rotatable bonds is 4. The van der Waals surface area contributed by atoms with Crippen molar-refractivity contribution in [2.45, 2.75) is 32.7 Å². The van der Waals surface area contributed by atoms with Crippen molar-refractivity contribution in [1.29, 1.82) is 0 Å². The van der Waals surface area contributed by atoms with E-state index < -0.39 is 0 Å². The van der Waals surface area contributed by atoms with Gasteiger partial charge in [0.05, 0.1) is 6.04 Å². The summed E-state index contributed by atoms with van der Waals surface area (Å²) in [6, 6.07) is 11.3. The van der Waals surface area contributed by atoms with Crippen molar-refractivity contribution < 1.29 is 14.0 Å². The Hall–Kier alpha value is -2.69. The van der Waals surface area contributed by atoms with Crippen molar-refractivity contribution in [2.24, 2.45) is 0 Å². The molecular formula is C20H21FN2O2. The Labute approximate surface area is 146 Å². The number of halogens is 1. The minimum absolute atomic E-state index is 0.0932. The van der Waals surface area contributed by atoms with Gasteiger partial charge in [-0.25, -0.2) is 4.39 Å². The first-order valence-corrected chi connectivity index (χ1v) is 8.49. The third-order valence-corrected chi connectivity index (χ3v) is 4.54. The Balaban J connectivity index is 1.74. The Morgan fingerprint density at radius 2 is 2.04 bits per heavy atom. The predicted octanol–water partition coefficient (Wildman–Crippen LogP) is 3.62. The van der Waals surface area contributed by atoms with Crippen LogP contribution in [0.1, 0.15) is 47.8 Å². The van der Waals surface area contributed by atoms with Gasteiger partial charge < -0.3 is 10.2 Å². The highest BCUT2D eigenvalue weighted by molar-refractivity contribution is 5.98. The number of carbonyl (C=O) groups excluding carboxylic acids is 2. The van der Waals surface area contributed by atoms with Crippen molar-refractivity contribution in [2.75, 3.05) is 11.4 Å². The zero-order valence-electron chi connectivity index (χ0n) is 14.4. The second-order valence-electron chi connectivity index (χ2n) is 6.24. The summed E-state index contributed by atoms with van der Waals surface area (Å²) in [4.78, 5) is 26.2. The number of hydrogen-bond acceptors (Lipinski definition) is 2. The molecule has 3 rings (SSSR count). The first kappa shape index (κ1) is 17.1. The quantitative estimate of drug-likeness (QED) is 0.924. The van der Waals surface area contributed by atoms with Gasteiger partial charge in [0.1, 0.15) is 5.82 Å². The van der Waals surface area contributed by atoms with Crippen LogP contribution in [-0.4, -0.2) is 18.4 Å². The fourth-order valence-electron chi connectivity index (χ4n) is 3.13. The third-order valence-electron chi connectivity index (χ3n) is 4.54. The summed E-state index contributed by atoms with van der Waals surface area (Å²) in [5.41, 5.74) is 3.16. The van der Waals surface area contributed by atoms with Crippen LogP contribution in [0.5, 0.6) is 0 Å². The summed E-state index contributed by atoms with van der Waals surface area (Å²) in [5, 5.41) is 2.89. The maximum Gasteiger partial charge on any atom is 0.251 e. The van der Waals surface area contributed by atoms with E-state index in [1.54, 1.807) is 23.1 Å². The second-order valence-corrected chi connectivity index (χ2v) is 6.24. The van der Waals surface area contributed by atoms with Crippen LogP contribution in [-0.2, 0) is 11.2 Å². The monoisotopic (exact) mass is 340 g/mol. The minimum atomic E-state index is -0.322. The van der Waals surface area contributed by atoms with Crippen LogP contribution in [0.2, 0.25) is 0 Å². The Kier molecular flexibility index (Phi) is 4.83. The van der Waals surface area contributed by atoms with E-state index in [-0.39, 0.29) is 23.7 Å². The molecule has 0 saturated heterocycles. The first-order chi connectivity index (χ1) is 12.0. The number of anilines is 1. The normalized spacial score (nSPS) is 14.1. The van der Waals surface area contributed by atoms with Gasteiger partial charge in [-0.05, 0) is 54.8 Å². The van der Waals surface area contributed by atoms with Crippen LogP contribution >= 0.6 is 0 Å². The van der Waals surface area contributed by atoms with Crippen LogP contribution in [0.15, 0.2) is 42.5 Å². The molecule has 25 heavy (non-hydrogen) atoms. The van der Waals surface area contributed by atoms with Gasteiger partial charge in [-0.2, -0.15) is 0 Å². The van der Waals surface area contributed by atoms with Crippen LogP contribution < -0.4 is 10.2 Å². The highest BCUT2D eigenvalue weighted by Gasteiger charge is 2.24. The number of nitrogens with zero attached hydrogens (tertiary/aromatic N) is 1. The molecule has 0 radical (unpaired) electrons. The van der Waals surface area contributed by atoms with Gasteiger partial charge in [0.25, 0.3) is 5.91 Å². The molecule has 1 aliphatic heterocycles. The molecule has 0 aromatic heterocycles. The topological polar surface area (TPSA) is 49.4 Å². The van der Waals surface area contributed by atoms with Gasteiger partial charge in [0.15, 0.2) is 0 Å². The number of hydrogen-bond donors (Lipinski definition) is 1. The predicted molar refractivity (Wildman–Crippen MR) is 95.1 cm³/mol. The van der Waals surface area contributed by atoms with Gasteiger partial charge in [-0.3, -0.25) is 9.59 Å². The lowest BCUT2D eigenvalue weighted by atomic mass is 10.1. The summed E-state index contributed by atoms with van der Waals surface area (Å²) in [6.45, 7) is 4.32. The molecule has 2 aromatic rings. The van der Waals surface area contributed by atoms with E-state index in [0.29, 0.717) is 24.1 Å². The molecule has 0 spiro atoms. The highest BCUT2D eigenvalue weighted by atomic mass is 19.1. The van der Waals surface area contributed by atoms with Crippen molar-refractivity contribution in [1.82, 2.24) is 5.32 Å². The summed E-state index contributed by atoms with van der Waals surface area (Å²) >= 11 is 0. The van der Waals surface area contributed by atoms with Gasteiger partial charge in [0, 0.05) is 24.2 Å². The van der Waals surface area contributed by atoms with Crippen molar-refractivity contribution in [3.8, 4) is 0 Å². The molecule has 1 aliphatic rings. The molecule has 2 aromatic carbocycles. The number of amides is 2. The van der Waals surface area contributed by atoms with E-state index in [4.69, 9.17) is 0 Å². The Morgan fingerprint density at radius 1 is 1.24 bits per heavy atom. The summed E-state index contributed by atoms with van der Waals surface area (Å²) < 4.78 is 13.3. The number of benzene rings is 2. The van der Waals surface area contributed by atoms with Crippen molar-refractivity contribution in [3.63, 3.8) is 0 Å². The average Bonchev–Trinajstić information content (AvgIpc) is 3.04. The molecule has 1 N–H and O–H groups in total. The zero-order chi connectivity index (χ0) is 18.0. The van der Waals surface area contributed by atoms with E-state index in [1.807, 2.05) is 26.0 Å². The number of carbonyl (C=O) groups is 2. The second kappa shape index (κ2) is 7.05. The lowest BCUT2D eigenvalue weighted by molar-refractivity contribution is -0.118. The van der Waals surface area contributed by atoms with E-state index in [1.165, 1.54) is 12.1 Å². The van der Waals surface area contributed by atoms with Gasteiger partial charge in [0.2, 0.25) is 5.91 Å². The Bertz CT molecular complexity index is 819. The third kappa shape index (κ3) is 3.55.